The van der Waals surface area contributed by atoms with E-state index in [1.165, 1.54) is 144 Å². The van der Waals surface area contributed by atoms with Crippen molar-refractivity contribution in [2.75, 3.05) is 0 Å². The Morgan fingerprint density at radius 3 is 0.756 bits per heavy atom. The highest BCUT2D eigenvalue weighted by atomic mass is 14.1. The van der Waals surface area contributed by atoms with E-state index >= 15 is 0 Å². The van der Waals surface area contributed by atoms with Crippen LogP contribution in [-0.4, -0.2) is 0 Å². The van der Waals surface area contributed by atoms with Gasteiger partial charge in [0.15, 0.2) is 0 Å². The molecule has 0 fully saturated rings. The lowest BCUT2D eigenvalue weighted by Gasteiger charge is -2.08. The third-order valence-corrected chi connectivity index (χ3v) is 15.4. The Kier molecular flexibility index (Phi) is 27.5. The molecular formula is C82H98. The highest BCUT2D eigenvalue weighted by Crippen LogP contribution is 2.23. The van der Waals surface area contributed by atoms with Crippen LogP contribution in [0, 0.1) is 125 Å². The van der Waals surface area contributed by atoms with Gasteiger partial charge in [0.25, 0.3) is 0 Å². The fourth-order valence-electron chi connectivity index (χ4n) is 9.62. The van der Waals surface area contributed by atoms with Crippen LogP contribution in [0.1, 0.15) is 125 Å². The minimum atomic E-state index is 1.15. The number of benzene rings is 11. The lowest BCUT2D eigenvalue weighted by atomic mass is 9.97. The second kappa shape index (κ2) is 33.8. The van der Waals surface area contributed by atoms with Crippen molar-refractivity contribution in [3.05, 3.63) is 318 Å². The number of hydrogen-bond donors (Lipinski definition) is 0. The summed E-state index contributed by atoms with van der Waals surface area (Å²) in [6.07, 6.45) is 2.30. The van der Waals surface area contributed by atoms with Crippen molar-refractivity contribution in [2.45, 2.75) is 151 Å². The van der Waals surface area contributed by atoms with Crippen LogP contribution < -0.4 is 0 Å². The van der Waals surface area contributed by atoms with E-state index in [0.717, 1.165) is 12.8 Å². The molecule has 0 unspecified atom stereocenters. The van der Waals surface area contributed by atoms with E-state index in [-0.39, 0.29) is 0 Å². The van der Waals surface area contributed by atoms with Crippen LogP contribution in [0.4, 0.5) is 0 Å². The van der Waals surface area contributed by atoms with Gasteiger partial charge in [-0.05, 0) is 248 Å². The van der Waals surface area contributed by atoms with Crippen molar-refractivity contribution < 1.29 is 0 Å². The van der Waals surface area contributed by atoms with E-state index in [2.05, 4.69) is 345 Å². The van der Waals surface area contributed by atoms with Gasteiger partial charge in [-0.2, -0.15) is 0 Å². The summed E-state index contributed by atoms with van der Waals surface area (Å²) < 4.78 is 0. The molecule has 0 aliphatic rings. The van der Waals surface area contributed by atoms with Crippen LogP contribution in [0.5, 0.6) is 0 Å². The Morgan fingerprint density at radius 2 is 0.451 bits per heavy atom. The molecule has 0 saturated heterocycles. The largest absolute Gasteiger partial charge is 0.0620 e. The molecule has 11 aromatic rings. The van der Waals surface area contributed by atoms with Crippen molar-refractivity contribution in [3.8, 4) is 0 Å². The van der Waals surface area contributed by atoms with Gasteiger partial charge in [0.1, 0.15) is 0 Å². The van der Waals surface area contributed by atoms with Crippen molar-refractivity contribution >= 4 is 32.3 Å². The SMILES string of the molecule is CCc1cc(C)c(CC)cc1C.Cc1cc(C)c(C)cc1C.Cc1ccc(C)c2ccccc12.Cc1ccc(C)cc1.Cc1ccc2cc(C)ccc2c1.Cc1cccc(C)c1.Cc1cccc2c(C)cccc12.Cc1ccccc1C. The Hall–Kier alpha value is -7.80. The molecule has 0 heterocycles. The summed E-state index contributed by atoms with van der Waals surface area (Å²) in [4.78, 5) is 0. The summed E-state index contributed by atoms with van der Waals surface area (Å²) in [6.45, 7) is 43.0. The van der Waals surface area contributed by atoms with Crippen LogP contribution in [0.15, 0.2) is 206 Å². The molecule has 0 saturated carbocycles. The van der Waals surface area contributed by atoms with Crippen LogP contribution in [-0.2, 0) is 12.8 Å². The maximum Gasteiger partial charge on any atom is -0.0152 e. The van der Waals surface area contributed by atoms with Crippen molar-refractivity contribution in [1.82, 2.24) is 0 Å². The zero-order chi connectivity index (χ0) is 60.5. The van der Waals surface area contributed by atoms with E-state index in [0.29, 0.717) is 0 Å². The molecule has 11 rings (SSSR count). The van der Waals surface area contributed by atoms with Crippen molar-refractivity contribution in [3.63, 3.8) is 0 Å². The molecule has 0 aromatic heterocycles. The highest BCUT2D eigenvalue weighted by molar-refractivity contribution is 5.89. The van der Waals surface area contributed by atoms with Gasteiger partial charge in [0.2, 0.25) is 0 Å². The summed E-state index contributed by atoms with van der Waals surface area (Å²) in [6, 6.07) is 73.3. The Morgan fingerprint density at radius 1 is 0.183 bits per heavy atom. The van der Waals surface area contributed by atoms with E-state index in [1.54, 1.807) is 0 Å². The lowest BCUT2D eigenvalue weighted by Crippen LogP contribution is -1.93. The fraction of sp³-hybridized carbons (Fsp3) is 0.268. The number of hydrogen-bond acceptors (Lipinski definition) is 0. The average molecular weight is 1080 g/mol. The van der Waals surface area contributed by atoms with Crippen LogP contribution in [0.25, 0.3) is 32.3 Å². The standard InChI is InChI=1S/3C12H12.C12H18.C10H14.3C8H10/c1-9-3-5-12-8-10(2)4-6-11(12)7-9;1-9-5-3-8-12-10(2)6-4-7-11(9)12;1-9-7-8-10(2)12-6-4-3-5-11(9)12;1-5-11-7-10(4)12(6-2)8-9(11)3;1-7-5-9(3)10(4)6-8(7)2;1-7-3-5-8(2)6-4-7;1-7-4-3-5-8(2)6-7;1-7-5-3-4-6-8(7)2/h3*3-8H,1-2H3;7-8H,5-6H2,1-4H3;5-6H,1-4H3;3*3-6H,1-2H3. The van der Waals surface area contributed by atoms with Gasteiger partial charge in [0.05, 0.1) is 0 Å². The van der Waals surface area contributed by atoms with E-state index in [4.69, 9.17) is 0 Å². The quantitative estimate of drug-likeness (QED) is 0.162. The van der Waals surface area contributed by atoms with Gasteiger partial charge in [-0.1, -0.05) is 253 Å². The van der Waals surface area contributed by atoms with Crippen LogP contribution in [0.3, 0.4) is 0 Å². The third kappa shape index (κ3) is 21.9. The summed E-state index contributed by atoms with van der Waals surface area (Å²) >= 11 is 0. The normalized spacial score (nSPS) is 10.0. The van der Waals surface area contributed by atoms with Crippen LogP contribution >= 0.6 is 0 Å². The molecule has 0 heteroatoms. The fourth-order valence-corrected chi connectivity index (χ4v) is 9.62. The molecule has 0 aliphatic carbocycles. The van der Waals surface area contributed by atoms with E-state index < -0.39 is 0 Å². The molecule has 0 atom stereocenters. The van der Waals surface area contributed by atoms with E-state index in [9.17, 15) is 0 Å². The Balaban J connectivity index is 0.000000203. The molecule has 0 nitrogen and oxygen atoms in total. The first-order chi connectivity index (χ1) is 39.0. The molecule has 0 radical (unpaired) electrons. The average Bonchev–Trinajstić information content (AvgIpc) is 3.67. The topological polar surface area (TPSA) is 0 Å². The minimum Gasteiger partial charge on any atom is -0.0620 e. The molecule has 426 valence electrons. The summed E-state index contributed by atoms with van der Waals surface area (Å²) in [5.41, 5.74) is 27.6. The number of fused-ring (bicyclic) bond motifs is 3. The predicted molar refractivity (Wildman–Crippen MR) is 368 cm³/mol. The maximum atomic E-state index is 2.33. The molecular weight excluding hydrogens is 985 g/mol. The van der Waals surface area contributed by atoms with Gasteiger partial charge in [-0.15, -0.1) is 0 Å². The molecule has 0 spiro atoms. The summed E-state index contributed by atoms with van der Waals surface area (Å²) in [5, 5.41) is 8.16. The zero-order valence-electron chi connectivity index (χ0n) is 54.0. The first kappa shape index (κ1) is 66.7. The van der Waals surface area contributed by atoms with Gasteiger partial charge in [0, 0.05) is 0 Å². The first-order valence-corrected chi connectivity index (χ1v) is 29.6. The molecule has 0 amide bonds. The molecule has 0 bridgehead atoms. The number of aryl methyl sites for hydroxylation is 20. The van der Waals surface area contributed by atoms with Crippen molar-refractivity contribution in [1.29, 1.82) is 0 Å². The lowest BCUT2D eigenvalue weighted by molar-refractivity contribution is 1.05. The third-order valence-electron chi connectivity index (χ3n) is 15.4. The number of rotatable bonds is 2. The van der Waals surface area contributed by atoms with Gasteiger partial charge in [-0.3, -0.25) is 0 Å². The monoisotopic (exact) mass is 1080 g/mol. The molecule has 0 N–H and O–H groups in total. The second-order valence-corrected chi connectivity index (χ2v) is 22.7. The van der Waals surface area contributed by atoms with Crippen LogP contribution in [0.2, 0.25) is 0 Å². The van der Waals surface area contributed by atoms with Crippen molar-refractivity contribution in [2.24, 2.45) is 0 Å². The maximum absolute atomic E-state index is 2.33. The zero-order valence-corrected chi connectivity index (χ0v) is 54.0. The van der Waals surface area contributed by atoms with Gasteiger partial charge < -0.3 is 0 Å². The Bertz CT molecular complexity index is 3430. The molecule has 0 aliphatic heterocycles. The Labute approximate surface area is 498 Å². The summed E-state index contributed by atoms with van der Waals surface area (Å²) in [7, 11) is 0. The first-order valence-electron chi connectivity index (χ1n) is 29.6. The highest BCUT2D eigenvalue weighted by Gasteiger charge is 2.02. The molecule has 11 aromatic carbocycles. The van der Waals surface area contributed by atoms with Gasteiger partial charge in [-0.25, -0.2) is 0 Å². The summed E-state index contributed by atoms with van der Waals surface area (Å²) in [5.74, 6) is 0. The second-order valence-electron chi connectivity index (χ2n) is 22.7. The van der Waals surface area contributed by atoms with Gasteiger partial charge >= 0.3 is 0 Å². The molecule has 82 heavy (non-hydrogen) atoms. The minimum absolute atomic E-state index is 1.15. The van der Waals surface area contributed by atoms with E-state index in [1.807, 2.05) is 0 Å². The predicted octanol–water partition coefficient (Wildman–Crippen LogP) is 23.6. The smallest absolute Gasteiger partial charge is 0.0152 e.